The molecular weight excluding hydrogens is 562 g/mol. The predicted molar refractivity (Wildman–Crippen MR) is 159 cm³/mol. The SMILES string of the molecule is CN(C(=O)c1cccc(NC(=S)NC(=O)c2cc(Br)ccc2OCCc2ccccc2)c1)c1ccccc1. The second-order valence-electron chi connectivity index (χ2n) is 8.41. The minimum atomic E-state index is -0.408. The van der Waals surface area contributed by atoms with Gasteiger partial charge >= 0.3 is 0 Å². The van der Waals surface area contributed by atoms with Crippen molar-refractivity contribution in [2.45, 2.75) is 6.42 Å². The molecule has 0 aromatic heterocycles. The van der Waals surface area contributed by atoms with Crippen molar-refractivity contribution < 1.29 is 14.3 Å². The smallest absolute Gasteiger partial charge is 0.261 e. The van der Waals surface area contributed by atoms with Gasteiger partial charge in [-0.25, -0.2) is 0 Å². The van der Waals surface area contributed by atoms with Gasteiger partial charge in [0.1, 0.15) is 5.75 Å². The zero-order valence-corrected chi connectivity index (χ0v) is 23.1. The van der Waals surface area contributed by atoms with E-state index < -0.39 is 5.91 Å². The molecule has 0 radical (unpaired) electrons. The number of halogens is 1. The van der Waals surface area contributed by atoms with Gasteiger partial charge in [-0.15, -0.1) is 0 Å². The van der Waals surface area contributed by atoms with Gasteiger partial charge in [0.2, 0.25) is 0 Å². The van der Waals surface area contributed by atoms with Crippen molar-refractivity contribution in [1.29, 1.82) is 0 Å². The molecule has 2 N–H and O–H groups in total. The van der Waals surface area contributed by atoms with Crippen LogP contribution >= 0.6 is 28.1 Å². The molecule has 0 heterocycles. The number of carbonyl (C=O) groups excluding carboxylic acids is 2. The van der Waals surface area contributed by atoms with Crippen LogP contribution in [0.3, 0.4) is 0 Å². The highest BCUT2D eigenvalue weighted by atomic mass is 79.9. The van der Waals surface area contributed by atoms with Crippen LogP contribution in [0.15, 0.2) is 108 Å². The van der Waals surface area contributed by atoms with Gasteiger partial charge in [-0.2, -0.15) is 0 Å². The Morgan fingerprint density at radius 3 is 2.34 bits per heavy atom. The van der Waals surface area contributed by atoms with Crippen LogP contribution in [0.25, 0.3) is 0 Å². The fourth-order valence-electron chi connectivity index (χ4n) is 3.75. The number of amides is 2. The van der Waals surface area contributed by atoms with Gasteiger partial charge < -0.3 is 15.0 Å². The lowest BCUT2D eigenvalue weighted by atomic mass is 10.1. The number of para-hydroxylation sites is 1. The molecule has 2 amide bonds. The molecule has 0 atom stereocenters. The third-order valence-corrected chi connectivity index (χ3v) is 6.42. The average Bonchev–Trinajstić information content (AvgIpc) is 2.94. The number of hydrogen-bond donors (Lipinski definition) is 2. The van der Waals surface area contributed by atoms with Gasteiger partial charge in [-0.3, -0.25) is 14.9 Å². The maximum absolute atomic E-state index is 13.1. The Morgan fingerprint density at radius 2 is 1.61 bits per heavy atom. The van der Waals surface area contributed by atoms with Crippen molar-refractivity contribution in [1.82, 2.24) is 5.32 Å². The van der Waals surface area contributed by atoms with Crippen LogP contribution in [0.2, 0.25) is 0 Å². The van der Waals surface area contributed by atoms with E-state index in [0.717, 1.165) is 15.7 Å². The summed E-state index contributed by atoms with van der Waals surface area (Å²) in [5.41, 5.74) is 3.35. The first-order valence-corrected chi connectivity index (χ1v) is 13.1. The van der Waals surface area contributed by atoms with Crippen LogP contribution in [0, 0.1) is 0 Å². The van der Waals surface area contributed by atoms with Crippen molar-refractivity contribution in [3.8, 4) is 5.75 Å². The number of rotatable bonds is 8. The van der Waals surface area contributed by atoms with Gasteiger partial charge in [0, 0.05) is 34.9 Å². The number of carbonyl (C=O) groups is 2. The van der Waals surface area contributed by atoms with E-state index in [2.05, 4.69) is 26.6 Å². The minimum Gasteiger partial charge on any atom is -0.492 e. The summed E-state index contributed by atoms with van der Waals surface area (Å²) in [6, 6.07) is 31.6. The van der Waals surface area contributed by atoms with Crippen molar-refractivity contribution >= 4 is 56.4 Å². The highest BCUT2D eigenvalue weighted by Gasteiger charge is 2.17. The van der Waals surface area contributed by atoms with Gasteiger partial charge in [0.25, 0.3) is 11.8 Å². The summed E-state index contributed by atoms with van der Waals surface area (Å²) in [5.74, 6) is -0.114. The molecule has 4 aromatic rings. The molecular formula is C30H26BrN3O3S. The number of hydrogen-bond acceptors (Lipinski definition) is 4. The van der Waals surface area contributed by atoms with Crippen molar-refractivity contribution in [2.24, 2.45) is 0 Å². The maximum Gasteiger partial charge on any atom is 0.261 e. The van der Waals surface area contributed by atoms with E-state index in [4.69, 9.17) is 17.0 Å². The van der Waals surface area contributed by atoms with Crippen LogP contribution in [-0.2, 0) is 6.42 Å². The molecule has 0 aliphatic rings. The van der Waals surface area contributed by atoms with E-state index in [0.29, 0.717) is 35.6 Å². The molecule has 0 fully saturated rings. The molecule has 0 aliphatic carbocycles. The lowest BCUT2D eigenvalue weighted by molar-refractivity contribution is 0.0970. The Labute approximate surface area is 235 Å². The summed E-state index contributed by atoms with van der Waals surface area (Å²) >= 11 is 8.81. The molecule has 8 heteroatoms. The Hall–Kier alpha value is -4.01. The molecule has 0 saturated carbocycles. The standard InChI is InChI=1S/C30H26BrN3O3S/c1-34(25-13-6-3-7-14-25)29(36)22-11-8-12-24(19-22)32-30(38)33-28(35)26-20-23(31)15-16-27(26)37-18-17-21-9-4-2-5-10-21/h2-16,19-20H,17-18H2,1H3,(H2,32,33,35,38). The first-order chi connectivity index (χ1) is 18.4. The Morgan fingerprint density at radius 1 is 0.895 bits per heavy atom. The van der Waals surface area contributed by atoms with Crippen molar-refractivity contribution in [2.75, 3.05) is 23.9 Å². The Kier molecular flexibility index (Phi) is 9.24. The largest absolute Gasteiger partial charge is 0.492 e. The number of anilines is 2. The summed E-state index contributed by atoms with van der Waals surface area (Å²) in [6.07, 6.45) is 0.715. The fraction of sp³-hybridized carbons (Fsp3) is 0.100. The molecule has 0 saturated heterocycles. The molecule has 6 nitrogen and oxygen atoms in total. The van der Waals surface area contributed by atoms with Crippen LogP contribution in [-0.4, -0.2) is 30.6 Å². The number of nitrogens with one attached hydrogen (secondary N) is 2. The van der Waals surface area contributed by atoms with Crippen LogP contribution in [0.4, 0.5) is 11.4 Å². The molecule has 0 bridgehead atoms. The number of thiocarbonyl (C=S) groups is 1. The fourth-order valence-corrected chi connectivity index (χ4v) is 4.33. The van der Waals surface area contributed by atoms with Gasteiger partial charge in [-0.1, -0.05) is 70.5 Å². The average molecular weight is 589 g/mol. The monoisotopic (exact) mass is 587 g/mol. The third kappa shape index (κ3) is 7.27. The Balaban J connectivity index is 1.39. The van der Waals surface area contributed by atoms with E-state index >= 15 is 0 Å². The molecule has 4 rings (SSSR count). The lowest BCUT2D eigenvalue weighted by Gasteiger charge is -2.18. The molecule has 4 aromatic carbocycles. The summed E-state index contributed by atoms with van der Waals surface area (Å²) in [5, 5.41) is 5.80. The van der Waals surface area contributed by atoms with Crippen LogP contribution in [0.1, 0.15) is 26.3 Å². The molecule has 0 unspecified atom stereocenters. The van der Waals surface area contributed by atoms with Crippen molar-refractivity contribution in [3.05, 3.63) is 124 Å². The highest BCUT2D eigenvalue weighted by Crippen LogP contribution is 2.24. The van der Waals surface area contributed by atoms with E-state index in [-0.39, 0.29) is 11.0 Å². The summed E-state index contributed by atoms with van der Waals surface area (Å²) in [4.78, 5) is 27.6. The third-order valence-electron chi connectivity index (χ3n) is 5.72. The number of ether oxygens (including phenoxy) is 1. The zero-order valence-electron chi connectivity index (χ0n) is 20.7. The summed E-state index contributed by atoms with van der Waals surface area (Å²) in [6.45, 7) is 0.423. The molecule has 0 aliphatic heterocycles. The van der Waals surface area contributed by atoms with Gasteiger partial charge in [0.05, 0.1) is 12.2 Å². The van der Waals surface area contributed by atoms with Crippen LogP contribution in [0.5, 0.6) is 5.75 Å². The van der Waals surface area contributed by atoms with Gasteiger partial charge in [-0.05, 0) is 66.3 Å². The second-order valence-corrected chi connectivity index (χ2v) is 9.74. The van der Waals surface area contributed by atoms with E-state index in [1.165, 1.54) is 0 Å². The lowest BCUT2D eigenvalue weighted by Crippen LogP contribution is -2.34. The first kappa shape index (κ1) is 27.0. The maximum atomic E-state index is 13.1. The Bertz CT molecular complexity index is 1430. The minimum absolute atomic E-state index is 0.103. The van der Waals surface area contributed by atoms with Gasteiger partial charge in [0.15, 0.2) is 5.11 Å². The molecule has 38 heavy (non-hydrogen) atoms. The topological polar surface area (TPSA) is 70.7 Å². The number of benzene rings is 4. The number of nitrogens with zero attached hydrogens (tertiary/aromatic N) is 1. The van der Waals surface area contributed by atoms with Crippen molar-refractivity contribution in [3.63, 3.8) is 0 Å². The summed E-state index contributed by atoms with van der Waals surface area (Å²) < 4.78 is 6.67. The highest BCUT2D eigenvalue weighted by molar-refractivity contribution is 9.10. The zero-order chi connectivity index (χ0) is 26.9. The van der Waals surface area contributed by atoms with E-state index in [1.54, 1.807) is 48.3 Å². The predicted octanol–water partition coefficient (Wildman–Crippen LogP) is 6.47. The van der Waals surface area contributed by atoms with Crippen LogP contribution < -0.4 is 20.3 Å². The van der Waals surface area contributed by atoms with E-state index in [1.807, 2.05) is 66.7 Å². The quantitative estimate of drug-likeness (QED) is 0.231. The second kappa shape index (κ2) is 13.0. The molecule has 192 valence electrons. The van der Waals surface area contributed by atoms with E-state index in [9.17, 15) is 9.59 Å². The normalized spacial score (nSPS) is 10.4. The molecule has 0 spiro atoms. The summed E-state index contributed by atoms with van der Waals surface area (Å²) in [7, 11) is 1.72. The first-order valence-electron chi connectivity index (χ1n) is 11.9.